The molecule has 0 radical (unpaired) electrons. The number of hydrogen-bond acceptors (Lipinski definition) is 8. The SMILES string of the molecule is O=C(C(c1ccccc1Sc1c[nH]c2ccccc12)N(C(=O)Cc1ccccc1Sc1c[nH]c2ccccc12)C(C(=O)N1CCSCC1)c1ccccc1Sc1c[nH]c2ccccc12)N1CCOCC1. The van der Waals surface area contributed by atoms with Crippen LogP contribution >= 0.6 is 47.0 Å². The van der Waals surface area contributed by atoms with Crippen molar-refractivity contribution < 1.29 is 19.1 Å². The van der Waals surface area contributed by atoms with Crippen molar-refractivity contribution in [2.45, 2.75) is 47.9 Å². The smallest absolute Gasteiger partial charge is 0.250 e. The summed E-state index contributed by atoms with van der Waals surface area (Å²) in [4.78, 5) is 69.7. The van der Waals surface area contributed by atoms with E-state index >= 15 is 14.4 Å². The number of thioether (sulfide) groups is 1. The average molecular weight is 999 g/mol. The van der Waals surface area contributed by atoms with Crippen molar-refractivity contribution in [2.24, 2.45) is 0 Å². The number of fused-ring (bicyclic) bond motifs is 3. The van der Waals surface area contributed by atoms with Crippen molar-refractivity contribution in [1.29, 1.82) is 0 Å². The third-order valence-electron chi connectivity index (χ3n) is 13.0. The lowest BCUT2D eigenvalue weighted by molar-refractivity contribution is -0.156. The van der Waals surface area contributed by atoms with Crippen molar-refractivity contribution >= 4 is 97.5 Å². The molecule has 2 aliphatic heterocycles. The van der Waals surface area contributed by atoms with Crippen LogP contribution in [0, 0.1) is 0 Å². The van der Waals surface area contributed by atoms with Gasteiger partial charge in [-0.05, 0) is 53.1 Å². The summed E-state index contributed by atoms with van der Waals surface area (Å²) in [6.07, 6.45) is 5.94. The molecule has 3 amide bonds. The number of hydrogen-bond donors (Lipinski definition) is 3. The molecule has 0 saturated carbocycles. The van der Waals surface area contributed by atoms with Crippen LogP contribution in [0.5, 0.6) is 0 Å². The number of carbonyl (C=O) groups is 3. The average Bonchev–Trinajstić information content (AvgIpc) is 4.15. The number of amides is 3. The Balaban J connectivity index is 1.10. The molecular weight excluding hydrogens is 949 g/mol. The summed E-state index contributed by atoms with van der Waals surface area (Å²) in [5.74, 6) is 0.762. The van der Waals surface area contributed by atoms with Crippen LogP contribution in [0.4, 0.5) is 0 Å². The van der Waals surface area contributed by atoms with E-state index in [4.69, 9.17) is 4.74 Å². The highest BCUT2D eigenvalue weighted by Crippen LogP contribution is 2.46. The predicted octanol–water partition coefficient (Wildman–Crippen LogP) is 11.9. The van der Waals surface area contributed by atoms with Crippen molar-refractivity contribution in [3.63, 3.8) is 0 Å². The van der Waals surface area contributed by atoms with Gasteiger partial charge in [-0.25, -0.2) is 0 Å². The largest absolute Gasteiger partial charge is 0.378 e. The first kappa shape index (κ1) is 46.1. The fourth-order valence-corrected chi connectivity index (χ4v) is 13.6. The Kier molecular flexibility index (Phi) is 13.8. The lowest BCUT2D eigenvalue weighted by atomic mass is 9.95. The zero-order valence-electron chi connectivity index (χ0n) is 38.2. The Morgan fingerprint density at radius 3 is 1.40 bits per heavy atom. The highest BCUT2D eigenvalue weighted by molar-refractivity contribution is 8.00. The van der Waals surface area contributed by atoms with E-state index in [1.165, 1.54) is 0 Å². The second-order valence-electron chi connectivity index (χ2n) is 17.2. The molecule has 0 aliphatic carbocycles. The molecule has 70 heavy (non-hydrogen) atoms. The number of benzene rings is 6. The van der Waals surface area contributed by atoms with Gasteiger partial charge in [-0.2, -0.15) is 11.8 Å². The molecule has 2 unspecified atom stereocenters. The number of rotatable bonds is 14. The lowest BCUT2D eigenvalue weighted by Gasteiger charge is -2.43. The maximum atomic E-state index is 16.4. The van der Waals surface area contributed by atoms with Gasteiger partial charge in [0, 0.05) is 118 Å². The number of morpholine rings is 1. The molecule has 11 rings (SSSR count). The first-order valence-electron chi connectivity index (χ1n) is 23.5. The molecule has 6 aromatic carbocycles. The quantitative estimate of drug-likeness (QED) is 0.0986. The molecule has 352 valence electrons. The van der Waals surface area contributed by atoms with E-state index in [9.17, 15) is 0 Å². The van der Waals surface area contributed by atoms with Gasteiger partial charge in [-0.15, -0.1) is 0 Å². The molecule has 2 fully saturated rings. The zero-order valence-corrected chi connectivity index (χ0v) is 41.5. The van der Waals surface area contributed by atoms with E-state index in [0.717, 1.165) is 79.2 Å². The Labute approximate surface area is 423 Å². The topological polar surface area (TPSA) is 118 Å². The Morgan fingerprint density at radius 1 is 0.500 bits per heavy atom. The molecule has 10 nitrogen and oxygen atoms in total. The van der Waals surface area contributed by atoms with Gasteiger partial charge in [0.2, 0.25) is 17.7 Å². The van der Waals surface area contributed by atoms with E-state index < -0.39 is 12.1 Å². The van der Waals surface area contributed by atoms with Gasteiger partial charge >= 0.3 is 0 Å². The zero-order chi connectivity index (χ0) is 47.4. The molecule has 2 atom stereocenters. The molecule has 3 N–H and O–H groups in total. The minimum absolute atomic E-state index is 0.0619. The summed E-state index contributed by atoms with van der Waals surface area (Å²) in [7, 11) is 0. The molecule has 9 aromatic rings. The van der Waals surface area contributed by atoms with Crippen molar-refractivity contribution in [2.75, 3.05) is 50.9 Å². The molecule has 0 spiro atoms. The fraction of sp³-hybridized carbons (Fsp3) is 0.196. The second-order valence-corrected chi connectivity index (χ2v) is 21.7. The summed E-state index contributed by atoms with van der Waals surface area (Å²) < 4.78 is 5.82. The van der Waals surface area contributed by atoms with E-state index in [0.29, 0.717) is 50.5 Å². The first-order chi connectivity index (χ1) is 34.5. The second kappa shape index (κ2) is 21.0. The van der Waals surface area contributed by atoms with Crippen molar-refractivity contribution in [1.82, 2.24) is 29.7 Å². The summed E-state index contributed by atoms with van der Waals surface area (Å²) in [6.45, 7) is 2.50. The lowest BCUT2D eigenvalue weighted by Crippen LogP contribution is -2.54. The summed E-state index contributed by atoms with van der Waals surface area (Å²) >= 11 is 6.54. The fourth-order valence-electron chi connectivity index (χ4n) is 9.50. The van der Waals surface area contributed by atoms with Gasteiger partial charge in [0.1, 0.15) is 12.1 Å². The standard InChI is InChI=1S/C56H50N6O4S4/c63-52(33-37-13-1-10-22-46(37)68-49-34-57-43-19-7-2-14-38(43)49)62(53(55(64)60-25-29-66-30-26-60)41-17-5-11-23-47(41)69-50-35-58-44-20-8-3-15-39(44)50)54(56(65)61-27-31-67-32-28-61)42-18-6-12-24-48(42)70-51-36-59-45-21-9-4-16-40(45)51/h1-24,34-36,53-54,57-59H,25-33H2. The normalized spacial score (nSPS) is 15.1. The molecule has 0 bridgehead atoms. The van der Waals surface area contributed by atoms with Crippen LogP contribution < -0.4 is 0 Å². The Hall–Kier alpha value is -6.29. The first-order valence-corrected chi connectivity index (χ1v) is 27.1. The van der Waals surface area contributed by atoms with E-state index in [-0.39, 0.29) is 24.1 Å². The van der Waals surface area contributed by atoms with Gasteiger partial charge in [-0.1, -0.05) is 144 Å². The highest BCUT2D eigenvalue weighted by Gasteiger charge is 2.45. The van der Waals surface area contributed by atoms with Gasteiger partial charge in [-0.3, -0.25) is 14.4 Å². The van der Waals surface area contributed by atoms with Crippen molar-refractivity contribution in [3.8, 4) is 0 Å². The van der Waals surface area contributed by atoms with Gasteiger partial charge in [0.15, 0.2) is 0 Å². The maximum absolute atomic E-state index is 16.4. The predicted molar refractivity (Wildman–Crippen MR) is 284 cm³/mol. The number of carbonyl (C=O) groups excluding carboxylic acids is 3. The van der Waals surface area contributed by atoms with Crippen LogP contribution in [0.15, 0.2) is 194 Å². The molecule has 2 aliphatic rings. The highest BCUT2D eigenvalue weighted by atomic mass is 32.2. The van der Waals surface area contributed by atoms with E-state index in [1.54, 1.807) is 40.2 Å². The van der Waals surface area contributed by atoms with E-state index in [2.05, 4.69) is 45.3 Å². The molecule has 2 saturated heterocycles. The Morgan fingerprint density at radius 2 is 0.900 bits per heavy atom. The van der Waals surface area contributed by atoms with Crippen LogP contribution in [0.3, 0.4) is 0 Å². The van der Waals surface area contributed by atoms with Crippen molar-refractivity contribution in [3.05, 3.63) is 181 Å². The number of para-hydroxylation sites is 3. The summed E-state index contributed by atoms with van der Waals surface area (Å²) in [6, 6.07) is 45.9. The molecule has 3 aromatic heterocycles. The van der Waals surface area contributed by atoms with Gasteiger partial charge in [0.05, 0.1) is 19.6 Å². The Bertz CT molecular complexity index is 3180. The van der Waals surface area contributed by atoms with Gasteiger partial charge in [0.25, 0.3) is 0 Å². The number of H-pyrrole nitrogens is 3. The van der Waals surface area contributed by atoms with Crippen LogP contribution in [-0.4, -0.2) is 98.3 Å². The third kappa shape index (κ3) is 9.50. The number of aromatic nitrogens is 3. The van der Waals surface area contributed by atoms with Gasteiger partial charge < -0.3 is 34.4 Å². The maximum Gasteiger partial charge on any atom is 0.250 e. The van der Waals surface area contributed by atoms with Crippen LogP contribution in [0.2, 0.25) is 0 Å². The number of ether oxygens (including phenoxy) is 1. The summed E-state index contributed by atoms with van der Waals surface area (Å²) in [5.41, 5.74) is 5.14. The molecular formula is C56H50N6O4S4. The number of nitrogens with zero attached hydrogens (tertiary/aromatic N) is 3. The van der Waals surface area contributed by atoms with Crippen LogP contribution in [0.1, 0.15) is 28.8 Å². The third-order valence-corrected chi connectivity index (χ3v) is 17.4. The van der Waals surface area contributed by atoms with E-state index in [1.807, 2.05) is 155 Å². The van der Waals surface area contributed by atoms with Crippen LogP contribution in [-0.2, 0) is 25.5 Å². The minimum Gasteiger partial charge on any atom is -0.378 e. The summed E-state index contributed by atoms with van der Waals surface area (Å²) in [5, 5.41) is 3.19. The monoisotopic (exact) mass is 998 g/mol. The number of aromatic amines is 3. The minimum atomic E-state index is -1.20. The molecule has 14 heteroatoms. The molecule has 5 heterocycles. The van der Waals surface area contributed by atoms with Crippen LogP contribution in [0.25, 0.3) is 32.7 Å². The number of nitrogens with one attached hydrogen (secondary N) is 3.